The van der Waals surface area contributed by atoms with E-state index in [9.17, 15) is 4.79 Å². The molecule has 3 aromatic rings. The second kappa shape index (κ2) is 9.55. The number of hydrogen-bond donors (Lipinski definition) is 1. The van der Waals surface area contributed by atoms with Crippen LogP contribution < -0.4 is 19.5 Å². The van der Waals surface area contributed by atoms with Crippen LogP contribution in [-0.4, -0.2) is 37.0 Å². The molecule has 0 saturated heterocycles. The average Bonchev–Trinajstić information content (AvgIpc) is 3.22. The summed E-state index contributed by atoms with van der Waals surface area (Å²) in [6.45, 7) is 6.45. The van der Waals surface area contributed by atoms with Gasteiger partial charge >= 0.3 is 0 Å². The van der Waals surface area contributed by atoms with Crippen molar-refractivity contribution >= 4 is 5.91 Å². The predicted octanol–water partition coefficient (Wildman–Crippen LogP) is 4.26. The quantitative estimate of drug-likeness (QED) is 0.586. The molecule has 0 fully saturated rings. The summed E-state index contributed by atoms with van der Waals surface area (Å²) >= 11 is 0. The molecule has 2 aromatic carbocycles. The number of hydrogen-bond acceptors (Lipinski definition) is 5. The topological polar surface area (TPSA) is 74.6 Å². The molecule has 0 aliphatic carbocycles. The zero-order chi connectivity index (χ0) is 22.5. The van der Waals surface area contributed by atoms with Crippen LogP contribution in [0, 0.1) is 6.92 Å². The molecule has 1 N–H and O–H groups in total. The Hall–Kier alpha value is -3.48. The number of carbonyl (C=O) groups excluding carboxylic acids is 1. The summed E-state index contributed by atoms with van der Waals surface area (Å²) in [5.74, 6) is 1.53. The number of benzene rings is 2. The molecule has 0 bridgehead atoms. The Morgan fingerprint density at radius 1 is 1.03 bits per heavy atom. The summed E-state index contributed by atoms with van der Waals surface area (Å²) < 4.78 is 18.0. The van der Waals surface area contributed by atoms with E-state index in [2.05, 4.69) is 24.3 Å². The summed E-state index contributed by atoms with van der Waals surface area (Å²) in [5.41, 5.74) is 4.36. The van der Waals surface area contributed by atoms with Crippen LogP contribution in [0.1, 0.15) is 46.9 Å². The van der Waals surface area contributed by atoms with Crippen molar-refractivity contribution in [3.63, 3.8) is 0 Å². The molecular formula is C24H29N3O4. The largest absolute Gasteiger partial charge is 0.493 e. The second-order valence-electron chi connectivity index (χ2n) is 7.56. The maximum absolute atomic E-state index is 13.0. The van der Waals surface area contributed by atoms with Gasteiger partial charge in [-0.25, -0.2) is 4.68 Å². The Labute approximate surface area is 182 Å². The third-order valence-electron chi connectivity index (χ3n) is 5.05. The molecule has 0 unspecified atom stereocenters. The van der Waals surface area contributed by atoms with Gasteiger partial charge in [0.15, 0.2) is 11.5 Å². The van der Waals surface area contributed by atoms with Crippen LogP contribution >= 0.6 is 0 Å². The fourth-order valence-electron chi connectivity index (χ4n) is 3.50. The standard InChI is InChI=1S/C24H29N3O4/c1-15(2)22-19(14-26-27(22)18-9-7-16(3)8-10-18)24(28)25-13-17-11-20(29-4)23(31-6)21(12-17)30-5/h7-12,14-15H,13H2,1-6H3,(H,25,28). The molecule has 0 radical (unpaired) electrons. The average molecular weight is 424 g/mol. The van der Waals surface area contributed by atoms with Crippen LogP contribution in [0.25, 0.3) is 5.69 Å². The van der Waals surface area contributed by atoms with Gasteiger partial charge < -0.3 is 19.5 Å². The van der Waals surface area contributed by atoms with Gasteiger partial charge in [0.1, 0.15) is 0 Å². The van der Waals surface area contributed by atoms with Crippen molar-refractivity contribution in [2.45, 2.75) is 33.2 Å². The fraction of sp³-hybridized carbons (Fsp3) is 0.333. The van der Waals surface area contributed by atoms with Crippen LogP contribution in [0.4, 0.5) is 0 Å². The Bertz CT molecular complexity index is 1030. The third-order valence-corrected chi connectivity index (χ3v) is 5.05. The SMILES string of the molecule is COc1cc(CNC(=O)c2cnn(-c3ccc(C)cc3)c2C(C)C)cc(OC)c1OC. The molecule has 1 aromatic heterocycles. The lowest BCUT2D eigenvalue weighted by Crippen LogP contribution is -2.24. The molecule has 0 aliphatic heterocycles. The highest BCUT2D eigenvalue weighted by atomic mass is 16.5. The molecule has 3 rings (SSSR count). The van der Waals surface area contributed by atoms with E-state index < -0.39 is 0 Å². The van der Waals surface area contributed by atoms with E-state index in [1.165, 1.54) is 5.56 Å². The predicted molar refractivity (Wildman–Crippen MR) is 120 cm³/mol. The highest BCUT2D eigenvalue weighted by molar-refractivity contribution is 5.95. The zero-order valence-corrected chi connectivity index (χ0v) is 18.9. The van der Waals surface area contributed by atoms with Gasteiger partial charge in [0.2, 0.25) is 5.75 Å². The monoisotopic (exact) mass is 423 g/mol. The number of ether oxygens (including phenoxy) is 3. The van der Waals surface area contributed by atoms with Crippen molar-refractivity contribution in [3.8, 4) is 22.9 Å². The summed E-state index contributed by atoms with van der Waals surface area (Å²) in [5, 5.41) is 7.47. The minimum atomic E-state index is -0.184. The van der Waals surface area contributed by atoms with Crippen LogP contribution in [0.15, 0.2) is 42.6 Å². The smallest absolute Gasteiger partial charge is 0.255 e. The van der Waals surface area contributed by atoms with Crippen LogP contribution in [-0.2, 0) is 6.54 Å². The normalized spacial score (nSPS) is 10.8. The lowest BCUT2D eigenvalue weighted by atomic mass is 10.0. The Morgan fingerprint density at radius 2 is 1.65 bits per heavy atom. The molecule has 31 heavy (non-hydrogen) atoms. The van der Waals surface area contributed by atoms with Crippen LogP contribution in [0.3, 0.4) is 0 Å². The van der Waals surface area contributed by atoms with Crippen LogP contribution in [0.2, 0.25) is 0 Å². The van der Waals surface area contributed by atoms with Gasteiger partial charge in [-0.2, -0.15) is 5.10 Å². The number of rotatable bonds is 8. The molecule has 0 aliphatic rings. The summed E-state index contributed by atoms with van der Waals surface area (Å²) in [4.78, 5) is 13.0. The van der Waals surface area contributed by atoms with Gasteiger partial charge in [-0.05, 0) is 42.7 Å². The van der Waals surface area contributed by atoms with Crippen molar-refractivity contribution in [2.75, 3.05) is 21.3 Å². The zero-order valence-electron chi connectivity index (χ0n) is 18.9. The molecular weight excluding hydrogens is 394 g/mol. The fourth-order valence-corrected chi connectivity index (χ4v) is 3.50. The lowest BCUT2D eigenvalue weighted by Gasteiger charge is -2.15. The first-order valence-corrected chi connectivity index (χ1v) is 10.1. The highest BCUT2D eigenvalue weighted by Crippen LogP contribution is 2.38. The van der Waals surface area contributed by atoms with Crippen molar-refractivity contribution < 1.29 is 19.0 Å². The molecule has 7 nitrogen and oxygen atoms in total. The van der Waals surface area contributed by atoms with E-state index in [1.807, 2.05) is 48.0 Å². The number of amides is 1. The second-order valence-corrected chi connectivity index (χ2v) is 7.56. The minimum absolute atomic E-state index is 0.116. The van der Waals surface area contributed by atoms with E-state index in [0.717, 1.165) is 16.9 Å². The highest BCUT2D eigenvalue weighted by Gasteiger charge is 2.21. The van der Waals surface area contributed by atoms with Gasteiger partial charge in [-0.15, -0.1) is 0 Å². The Kier molecular flexibility index (Phi) is 6.84. The Morgan fingerprint density at radius 3 is 2.16 bits per heavy atom. The van der Waals surface area contributed by atoms with Crippen molar-refractivity contribution in [2.24, 2.45) is 0 Å². The number of aryl methyl sites for hydroxylation is 1. The van der Waals surface area contributed by atoms with Gasteiger partial charge in [0.25, 0.3) is 5.91 Å². The van der Waals surface area contributed by atoms with Crippen LogP contribution in [0.5, 0.6) is 17.2 Å². The number of carbonyl (C=O) groups is 1. The molecule has 0 atom stereocenters. The molecule has 1 heterocycles. The van der Waals surface area contributed by atoms with E-state index in [0.29, 0.717) is 29.4 Å². The van der Waals surface area contributed by atoms with E-state index in [4.69, 9.17) is 14.2 Å². The lowest BCUT2D eigenvalue weighted by molar-refractivity contribution is 0.0949. The molecule has 0 spiro atoms. The summed E-state index contributed by atoms with van der Waals surface area (Å²) in [7, 11) is 4.68. The summed E-state index contributed by atoms with van der Waals surface area (Å²) in [6.07, 6.45) is 1.62. The van der Waals surface area contributed by atoms with Crippen molar-refractivity contribution in [3.05, 3.63) is 65.0 Å². The maximum Gasteiger partial charge on any atom is 0.255 e. The van der Waals surface area contributed by atoms with E-state index in [1.54, 1.807) is 27.5 Å². The van der Waals surface area contributed by atoms with Gasteiger partial charge in [0.05, 0.1) is 44.5 Å². The first-order valence-electron chi connectivity index (χ1n) is 10.1. The summed E-state index contributed by atoms with van der Waals surface area (Å²) in [6, 6.07) is 11.7. The first kappa shape index (κ1) is 22.2. The molecule has 1 amide bonds. The van der Waals surface area contributed by atoms with Crippen molar-refractivity contribution in [1.29, 1.82) is 0 Å². The van der Waals surface area contributed by atoms with Gasteiger partial charge in [0, 0.05) is 6.54 Å². The van der Waals surface area contributed by atoms with E-state index in [-0.39, 0.29) is 11.8 Å². The number of aromatic nitrogens is 2. The van der Waals surface area contributed by atoms with Gasteiger partial charge in [-0.3, -0.25) is 4.79 Å². The number of nitrogens with one attached hydrogen (secondary N) is 1. The van der Waals surface area contributed by atoms with Crippen molar-refractivity contribution in [1.82, 2.24) is 15.1 Å². The maximum atomic E-state index is 13.0. The van der Waals surface area contributed by atoms with E-state index >= 15 is 0 Å². The number of nitrogens with zero attached hydrogens (tertiary/aromatic N) is 2. The van der Waals surface area contributed by atoms with Gasteiger partial charge in [-0.1, -0.05) is 31.5 Å². The molecule has 0 saturated carbocycles. The third kappa shape index (κ3) is 4.66. The number of methoxy groups -OCH3 is 3. The molecule has 164 valence electrons. The molecule has 7 heteroatoms. The first-order chi connectivity index (χ1) is 14.9. The Balaban J connectivity index is 1.85. The minimum Gasteiger partial charge on any atom is -0.493 e.